The highest BCUT2D eigenvalue weighted by Crippen LogP contribution is 2.21. The van der Waals surface area contributed by atoms with E-state index < -0.39 is 0 Å². The van der Waals surface area contributed by atoms with E-state index in [2.05, 4.69) is 10.3 Å². The summed E-state index contributed by atoms with van der Waals surface area (Å²) < 4.78 is 0. The van der Waals surface area contributed by atoms with Gasteiger partial charge in [0.2, 0.25) is 0 Å². The van der Waals surface area contributed by atoms with Crippen molar-refractivity contribution in [1.82, 2.24) is 4.98 Å². The van der Waals surface area contributed by atoms with Crippen molar-refractivity contribution in [2.45, 2.75) is 6.92 Å². The molecule has 0 aliphatic carbocycles. The van der Waals surface area contributed by atoms with Gasteiger partial charge in [0.05, 0.1) is 5.56 Å². The van der Waals surface area contributed by atoms with Crippen molar-refractivity contribution in [3.05, 3.63) is 52.7 Å². The largest absolute Gasteiger partial charge is 0.363 e. The van der Waals surface area contributed by atoms with Gasteiger partial charge in [0, 0.05) is 31.0 Å². The number of amides is 1. The minimum absolute atomic E-state index is 0.201. The second-order valence-corrected chi connectivity index (χ2v) is 5.15. The van der Waals surface area contributed by atoms with Gasteiger partial charge in [-0.15, -0.1) is 0 Å². The quantitative estimate of drug-likeness (QED) is 0.942. The van der Waals surface area contributed by atoms with Crippen LogP contribution in [0.15, 0.2) is 36.5 Å². The van der Waals surface area contributed by atoms with Crippen LogP contribution >= 0.6 is 11.6 Å². The molecule has 0 aliphatic heterocycles. The zero-order valence-electron chi connectivity index (χ0n) is 11.6. The van der Waals surface area contributed by atoms with E-state index in [9.17, 15) is 4.79 Å². The van der Waals surface area contributed by atoms with Crippen LogP contribution < -0.4 is 10.2 Å². The molecule has 1 N–H and O–H groups in total. The van der Waals surface area contributed by atoms with Gasteiger partial charge in [0.25, 0.3) is 5.91 Å². The lowest BCUT2D eigenvalue weighted by atomic mass is 10.2. The Bertz CT molecular complexity index is 624. The highest BCUT2D eigenvalue weighted by atomic mass is 35.5. The van der Waals surface area contributed by atoms with Gasteiger partial charge >= 0.3 is 0 Å². The topological polar surface area (TPSA) is 45.2 Å². The lowest BCUT2D eigenvalue weighted by Crippen LogP contribution is -2.15. The van der Waals surface area contributed by atoms with Crippen LogP contribution in [-0.4, -0.2) is 25.0 Å². The molecular formula is C15H16ClN3O. The minimum atomic E-state index is -0.201. The lowest BCUT2D eigenvalue weighted by molar-refractivity contribution is 0.102. The molecule has 0 saturated carbocycles. The van der Waals surface area contributed by atoms with Crippen LogP contribution in [0.3, 0.4) is 0 Å². The Kier molecular flexibility index (Phi) is 4.25. The highest BCUT2D eigenvalue weighted by molar-refractivity contribution is 6.31. The molecule has 104 valence electrons. The number of aromatic nitrogens is 1. The fraction of sp³-hybridized carbons (Fsp3) is 0.200. The summed E-state index contributed by atoms with van der Waals surface area (Å²) in [6, 6.07) is 8.94. The summed E-state index contributed by atoms with van der Waals surface area (Å²) in [5, 5.41) is 3.43. The SMILES string of the molecule is Cc1ccc(Cl)cc1NC(=O)c1ccc(N(C)C)nc1. The van der Waals surface area contributed by atoms with E-state index in [1.165, 1.54) is 0 Å². The van der Waals surface area contributed by atoms with Gasteiger partial charge < -0.3 is 10.2 Å². The van der Waals surface area contributed by atoms with E-state index in [-0.39, 0.29) is 5.91 Å². The zero-order valence-corrected chi connectivity index (χ0v) is 12.4. The zero-order chi connectivity index (χ0) is 14.7. The first-order valence-electron chi connectivity index (χ1n) is 6.18. The molecule has 0 unspecified atom stereocenters. The molecule has 1 aromatic heterocycles. The van der Waals surface area contributed by atoms with Crippen LogP contribution in [0, 0.1) is 6.92 Å². The highest BCUT2D eigenvalue weighted by Gasteiger charge is 2.09. The number of rotatable bonds is 3. The predicted octanol–water partition coefficient (Wildman–Crippen LogP) is 3.36. The van der Waals surface area contributed by atoms with Crippen molar-refractivity contribution < 1.29 is 4.79 Å². The molecule has 2 rings (SSSR count). The van der Waals surface area contributed by atoms with E-state index >= 15 is 0 Å². The molecule has 4 nitrogen and oxygen atoms in total. The Hall–Kier alpha value is -2.07. The maximum Gasteiger partial charge on any atom is 0.257 e. The number of nitrogens with zero attached hydrogens (tertiary/aromatic N) is 2. The second-order valence-electron chi connectivity index (χ2n) is 4.71. The van der Waals surface area contributed by atoms with Gasteiger partial charge in [0.15, 0.2) is 0 Å². The Labute approximate surface area is 123 Å². The fourth-order valence-corrected chi connectivity index (χ4v) is 1.88. The van der Waals surface area contributed by atoms with Gasteiger partial charge in [-0.2, -0.15) is 0 Å². The maximum absolute atomic E-state index is 12.2. The number of hydrogen-bond acceptors (Lipinski definition) is 3. The summed E-state index contributed by atoms with van der Waals surface area (Å²) in [5.74, 6) is 0.605. The van der Waals surface area contributed by atoms with Crippen LogP contribution in [0.4, 0.5) is 11.5 Å². The van der Waals surface area contributed by atoms with Crippen molar-refractivity contribution in [3.8, 4) is 0 Å². The second kappa shape index (κ2) is 5.92. The summed E-state index contributed by atoms with van der Waals surface area (Å²) in [4.78, 5) is 18.2. The van der Waals surface area contributed by atoms with Crippen LogP contribution in [0.5, 0.6) is 0 Å². The summed E-state index contributed by atoms with van der Waals surface area (Å²) in [6.07, 6.45) is 1.56. The predicted molar refractivity (Wildman–Crippen MR) is 82.7 cm³/mol. The minimum Gasteiger partial charge on any atom is -0.363 e. The molecular weight excluding hydrogens is 274 g/mol. The van der Waals surface area contributed by atoms with Crippen molar-refractivity contribution in [3.63, 3.8) is 0 Å². The molecule has 0 spiro atoms. The first-order chi connectivity index (χ1) is 9.47. The first kappa shape index (κ1) is 14.3. The van der Waals surface area contributed by atoms with Gasteiger partial charge in [-0.3, -0.25) is 4.79 Å². The van der Waals surface area contributed by atoms with Crippen molar-refractivity contribution in [1.29, 1.82) is 0 Å². The third-order valence-corrected chi connectivity index (χ3v) is 3.15. The maximum atomic E-state index is 12.2. The number of carbonyl (C=O) groups excluding carboxylic acids is 1. The lowest BCUT2D eigenvalue weighted by Gasteiger charge is -2.12. The Morgan fingerprint density at radius 1 is 1.25 bits per heavy atom. The molecule has 0 fully saturated rings. The average Bonchev–Trinajstić information content (AvgIpc) is 2.43. The van der Waals surface area contributed by atoms with E-state index in [1.807, 2.05) is 32.0 Å². The van der Waals surface area contributed by atoms with Gasteiger partial charge in [-0.1, -0.05) is 17.7 Å². The van der Waals surface area contributed by atoms with E-state index in [1.54, 1.807) is 30.5 Å². The molecule has 1 amide bonds. The Balaban J connectivity index is 2.17. The number of pyridine rings is 1. The Morgan fingerprint density at radius 3 is 2.60 bits per heavy atom. The monoisotopic (exact) mass is 289 g/mol. The van der Waals surface area contributed by atoms with Crippen LogP contribution in [-0.2, 0) is 0 Å². The molecule has 0 radical (unpaired) electrons. The Morgan fingerprint density at radius 2 is 2.00 bits per heavy atom. The third kappa shape index (κ3) is 3.27. The van der Waals surface area contributed by atoms with Crippen LogP contribution in [0.1, 0.15) is 15.9 Å². The summed E-state index contributed by atoms with van der Waals surface area (Å²) in [5.41, 5.74) is 2.18. The van der Waals surface area contributed by atoms with E-state index in [0.717, 1.165) is 11.4 Å². The van der Waals surface area contributed by atoms with Gasteiger partial charge in [-0.25, -0.2) is 4.98 Å². The normalized spacial score (nSPS) is 10.2. The molecule has 20 heavy (non-hydrogen) atoms. The van der Waals surface area contributed by atoms with Crippen LogP contribution in [0.25, 0.3) is 0 Å². The summed E-state index contributed by atoms with van der Waals surface area (Å²) in [7, 11) is 3.80. The molecule has 5 heteroatoms. The average molecular weight is 290 g/mol. The molecule has 2 aromatic rings. The molecule has 0 aliphatic rings. The van der Waals surface area contributed by atoms with Crippen molar-refractivity contribution >= 4 is 29.0 Å². The smallest absolute Gasteiger partial charge is 0.257 e. The van der Waals surface area contributed by atoms with E-state index in [0.29, 0.717) is 16.3 Å². The number of carbonyl (C=O) groups is 1. The third-order valence-electron chi connectivity index (χ3n) is 2.92. The standard InChI is InChI=1S/C15H16ClN3O/c1-10-4-6-12(16)8-13(10)18-15(20)11-5-7-14(17-9-11)19(2)3/h4-9H,1-3H3,(H,18,20). The van der Waals surface area contributed by atoms with Crippen LogP contribution in [0.2, 0.25) is 5.02 Å². The molecule has 0 saturated heterocycles. The molecule has 0 bridgehead atoms. The number of aryl methyl sites for hydroxylation is 1. The van der Waals surface area contributed by atoms with E-state index in [4.69, 9.17) is 11.6 Å². The summed E-state index contributed by atoms with van der Waals surface area (Å²) >= 11 is 5.93. The number of hydrogen-bond donors (Lipinski definition) is 1. The number of nitrogens with one attached hydrogen (secondary N) is 1. The fourth-order valence-electron chi connectivity index (χ4n) is 1.71. The number of benzene rings is 1. The summed E-state index contributed by atoms with van der Waals surface area (Å²) in [6.45, 7) is 1.92. The first-order valence-corrected chi connectivity index (χ1v) is 6.56. The molecule has 0 atom stereocenters. The molecule has 1 aromatic carbocycles. The molecule has 1 heterocycles. The van der Waals surface area contributed by atoms with Gasteiger partial charge in [-0.05, 0) is 36.8 Å². The van der Waals surface area contributed by atoms with Crippen molar-refractivity contribution in [2.75, 3.05) is 24.3 Å². The van der Waals surface area contributed by atoms with Crippen molar-refractivity contribution in [2.24, 2.45) is 0 Å². The van der Waals surface area contributed by atoms with Gasteiger partial charge in [0.1, 0.15) is 5.82 Å². The number of anilines is 2. The number of halogens is 1.